The van der Waals surface area contributed by atoms with Gasteiger partial charge in [0.05, 0.1) is 11.1 Å². The Bertz CT molecular complexity index is 604. The van der Waals surface area contributed by atoms with Crippen LogP contribution in [-0.4, -0.2) is 25.7 Å². The molecule has 0 N–H and O–H groups in total. The molecule has 0 aliphatic carbocycles. The molecule has 0 spiro atoms. The highest BCUT2D eigenvalue weighted by Gasteiger charge is 2.29. The van der Waals surface area contributed by atoms with Gasteiger partial charge in [-0.1, -0.05) is 12.1 Å². The van der Waals surface area contributed by atoms with Crippen LogP contribution in [0.25, 0.3) is 5.76 Å². The van der Waals surface area contributed by atoms with Gasteiger partial charge in [-0.25, -0.2) is 8.42 Å². The molecule has 0 saturated carbocycles. The smallest absolute Gasteiger partial charge is 0.308 e. The molecule has 0 fully saturated rings. The van der Waals surface area contributed by atoms with Crippen molar-refractivity contribution in [3.8, 4) is 0 Å². The number of carbonyl (C=O) groups is 1. The monoisotopic (exact) mass is 253 g/mol. The molecule has 90 valence electrons. The van der Waals surface area contributed by atoms with Crippen molar-refractivity contribution >= 4 is 21.8 Å². The van der Waals surface area contributed by atoms with Crippen LogP contribution in [0.3, 0.4) is 0 Å². The first-order chi connectivity index (χ1) is 7.93. The molecule has 1 aliphatic heterocycles. The van der Waals surface area contributed by atoms with E-state index in [9.17, 15) is 13.2 Å². The molecular formula is C11H11NO4S. The van der Waals surface area contributed by atoms with Crippen LogP contribution in [0.5, 0.6) is 0 Å². The molecule has 0 radical (unpaired) electrons. The van der Waals surface area contributed by atoms with Gasteiger partial charge >= 0.3 is 5.97 Å². The Labute approximate surface area is 99.4 Å². The maximum absolute atomic E-state index is 12.0. The maximum Gasteiger partial charge on any atom is 0.308 e. The van der Waals surface area contributed by atoms with E-state index in [0.717, 1.165) is 4.31 Å². The van der Waals surface area contributed by atoms with Crippen molar-refractivity contribution in [2.45, 2.75) is 11.8 Å². The van der Waals surface area contributed by atoms with Crippen molar-refractivity contribution in [3.05, 3.63) is 36.0 Å². The summed E-state index contributed by atoms with van der Waals surface area (Å²) in [6.45, 7) is 1.27. The minimum atomic E-state index is -3.52. The van der Waals surface area contributed by atoms with Crippen LogP contribution < -0.4 is 0 Å². The zero-order valence-corrected chi connectivity index (χ0v) is 10.2. The molecule has 1 aliphatic rings. The quantitative estimate of drug-likeness (QED) is 0.705. The fourth-order valence-corrected chi connectivity index (χ4v) is 2.83. The number of hydrogen-bond donors (Lipinski definition) is 0. The number of benzene rings is 1. The number of esters is 1. The van der Waals surface area contributed by atoms with Gasteiger partial charge in [0.2, 0.25) is 0 Å². The van der Waals surface area contributed by atoms with Crippen molar-refractivity contribution in [2.75, 3.05) is 7.05 Å². The highest BCUT2D eigenvalue weighted by Crippen LogP contribution is 2.31. The molecule has 0 unspecified atom stereocenters. The molecule has 5 nitrogen and oxygen atoms in total. The van der Waals surface area contributed by atoms with Crippen LogP contribution in [0.15, 0.2) is 35.4 Å². The predicted molar refractivity (Wildman–Crippen MR) is 61.1 cm³/mol. The van der Waals surface area contributed by atoms with Crippen molar-refractivity contribution in [1.29, 1.82) is 0 Å². The Hall–Kier alpha value is -1.82. The number of rotatable bonds is 1. The van der Waals surface area contributed by atoms with Crippen molar-refractivity contribution in [3.63, 3.8) is 0 Å². The molecular weight excluding hydrogens is 242 g/mol. The fourth-order valence-electron chi connectivity index (χ4n) is 1.59. The highest BCUT2D eigenvalue weighted by atomic mass is 32.2. The molecule has 1 aromatic carbocycles. The highest BCUT2D eigenvalue weighted by molar-refractivity contribution is 7.89. The fraction of sp³-hybridized carbons (Fsp3) is 0.182. The maximum atomic E-state index is 12.0. The summed E-state index contributed by atoms with van der Waals surface area (Å²) in [6.07, 6.45) is 1.29. The lowest BCUT2D eigenvalue weighted by atomic mass is 10.2. The van der Waals surface area contributed by atoms with Crippen LogP contribution in [0.2, 0.25) is 0 Å². The number of fused-ring (bicyclic) bond motifs is 1. The topological polar surface area (TPSA) is 63.7 Å². The van der Waals surface area contributed by atoms with E-state index < -0.39 is 16.0 Å². The Balaban J connectivity index is 2.63. The summed E-state index contributed by atoms with van der Waals surface area (Å²) in [6, 6.07) is 6.41. The van der Waals surface area contributed by atoms with Gasteiger partial charge in [-0.3, -0.25) is 9.10 Å². The molecule has 1 heterocycles. The third kappa shape index (κ3) is 1.91. The summed E-state index contributed by atoms with van der Waals surface area (Å²) >= 11 is 0. The van der Waals surface area contributed by atoms with E-state index in [-0.39, 0.29) is 10.7 Å². The van der Waals surface area contributed by atoms with Crippen LogP contribution in [0.1, 0.15) is 12.5 Å². The van der Waals surface area contributed by atoms with Gasteiger partial charge in [-0.15, -0.1) is 0 Å². The number of nitrogens with zero attached hydrogens (tertiary/aromatic N) is 1. The van der Waals surface area contributed by atoms with Gasteiger partial charge in [0, 0.05) is 19.5 Å². The third-order valence-electron chi connectivity index (χ3n) is 2.36. The Morgan fingerprint density at radius 3 is 2.59 bits per heavy atom. The summed E-state index contributed by atoms with van der Waals surface area (Å²) in [4.78, 5) is 11.1. The van der Waals surface area contributed by atoms with E-state index in [1.807, 2.05) is 0 Å². The minimum absolute atomic E-state index is 0.140. The second kappa shape index (κ2) is 3.89. The van der Waals surface area contributed by atoms with Gasteiger partial charge in [-0.2, -0.15) is 0 Å². The minimum Gasteiger partial charge on any atom is -0.424 e. The van der Waals surface area contributed by atoms with Gasteiger partial charge in [0.25, 0.3) is 10.0 Å². The van der Waals surface area contributed by atoms with Crippen LogP contribution in [-0.2, 0) is 19.6 Å². The van der Waals surface area contributed by atoms with E-state index in [4.69, 9.17) is 4.74 Å². The second-order valence-electron chi connectivity index (χ2n) is 3.60. The third-order valence-corrected chi connectivity index (χ3v) is 4.14. The first-order valence-corrected chi connectivity index (χ1v) is 6.34. The Morgan fingerprint density at radius 1 is 1.29 bits per heavy atom. The summed E-state index contributed by atoms with van der Waals surface area (Å²) in [7, 11) is -2.13. The number of hydrogen-bond acceptors (Lipinski definition) is 4. The predicted octanol–water partition coefficient (Wildman–Crippen LogP) is 1.18. The standard InChI is InChI=1S/C11H11NO4S/c1-8(13)16-10-7-12(2)17(14,15)11-6-4-3-5-9(10)11/h3-7H,1-2H3. The first kappa shape index (κ1) is 11.7. The first-order valence-electron chi connectivity index (χ1n) is 4.90. The second-order valence-corrected chi connectivity index (χ2v) is 5.57. The summed E-state index contributed by atoms with van der Waals surface area (Å²) in [5.74, 6) is -0.246. The SMILES string of the molecule is CC(=O)OC1=CN(C)S(=O)(=O)c2ccccc21. The van der Waals surface area contributed by atoms with E-state index in [2.05, 4.69) is 0 Å². The lowest BCUT2D eigenvalue weighted by Gasteiger charge is -2.24. The lowest BCUT2D eigenvalue weighted by Crippen LogP contribution is -2.27. The Kier molecular flexibility index (Phi) is 2.66. The van der Waals surface area contributed by atoms with Crippen molar-refractivity contribution in [2.24, 2.45) is 0 Å². The molecule has 6 heteroatoms. The largest absolute Gasteiger partial charge is 0.424 e. The molecule has 0 bridgehead atoms. The molecule has 17 heavy (non-hydrogen) atoms. The van der Waals surface area contributed by atoms with Gasteiger partial charge < -0.3 is 4.74 Å². The lowest BCUT2D eigenvalue weighted by molar-refractivity contribution is -0.134. The van der Waals surface area contributed by atoms with Gasteiger partial charge in [-0.05, 0) is 12.1 Å². The van der Waals surface area contributed by atoms with Crippen molar-refractivity contribution < 1.29 is 17.9 Å². The molecule has 1 aromatic rings. The normalized spacial score (nSPS) is 17.1. The van der Waals surface area contributed by atoms with Crippen molar-refractivity contribution in [1.82, 2.24) is 4.31 Å². The van der Waals surface area contributed by atoms with E-state index >= 15 is 0 Å². The van der Waals surface area contributed by atoms with Crippen LogP contribution >= 0.6 is 0 Å². The van der Waals surface area contributed by atoms with Crippen LogP contribution in [0.4, 0.5) is 0 Å². The van der Waals surface area contributed by atoms with Gasteiger partial charge in [0.15, 0.2) is 5.76 Å². The molecule has 0 saturated heterocycles. The van der Waals surface area contributed by atoms with E-state index in [1.165, 1.54) is 26.2 Å². The van der Waals surface area contributed by atoms with Crippen LogP contribution in [0, 0.1) is 0 Å². The summed E-state index contributed by atoms with van der Waals surface area (Å²) < 4.78 is 30.0. The molecule has 0 atom stereocenters. The zero-order chi connectivity index (χ0) is 12.6. The molecule has 2 rings (SSSR count). The number of sulfonamides is 1. The summed E-state index contributed by atoms with van der Waals surface area (Å²) in [5.41, 5.74) is 0.404. The average molecular weight is 253 g/mol. The summed E-state index contributed by atoms with van der Waals surface area (Å²) in [5, 5.41) is 0. The van der Waals surface area contributed by atoms with E-state index in [0.29, 0.717) is 5.56 Å². The number of ether oxygens (including phenoxy) is 1. The molecule has 0 amide bonds. The average Bonchev–Trinajstić information content (AvgIpc) is 2.26. The Morgan fingerprint density at radius 2 is 1.94 bits per heavy atom. The van der Waals surface area contributed by atoms with E-state index in [1.54, 1.807) is 18.2 Å². The van der Waals surface area contributed by atoms with Gasteiger partial charge in [0.1, 0.15) is 0 Å². The zero-order valence-electron chi connectivity index (χ0n) is 9.38. The number of carbonyl (C=O) groups excluding carboxylic acids is 1. The molecule has 0 aromatic heterocycles.